The molecule has 8 nitrogen and oxygen atoms in total. The Hall–Kier alpha value is -1.93. The fourth-order valence-corrected chi connectivity index (χ4v) is 1.68. The maximum absolute atomic E-state index is 10.6. The Kier molecular flexibility index (Phi) is 3.82. The van der Waals surface area contributed by atoms with E-state index in [1.807, 2.05) is 0 Å². The van der Waals surface area contributed by atoms with Gasteiger partial charge in [0.15, 0.2) is 0 Å². The molecule has 1 unspecified atom stereocenters. The van der Waals surface area contributed by atoms with Crippen LogP contribution >= 0.6 is 11.6 Å². The maximum atomic E-state index is 10.6. The second-order valence-corrected chi connectivity index (χ2v) is 4.50. The minimum absolute atomic E-state index is 0.136. The predicted molar refractivity (Wildman–Crippen MR) is 66.7 cm³/mol. The number of nitrogens with zero attached hydrogens (tertiary/aromatic N) is 5. The molecule has 2 heterocycles. The number of aliphatic carboxylic acids is 1. The Morgan fingerprint density at radius 3 is 2.95 bits per heavy atom. The van der Waals surface area contributed by atoms with Crippen LogP contribution in [0, 0.1) is 0 Å². The topological polar surface area (TPSA) is 112 Å². The molecule has 0 bridgehead atoms. The molecule has 0 spiro atoms. The van der Waals surface area contributed by atoms with Gasteiger partial charge in [0.05, 0.1) is 11.9 Å². The van der Waals surface area contributed by atoms with E-state index in [9.17, 15) is 4.79 Å². The zero-order valence-electron chi connectivity index (χ0n) is 10.2. The first kappa shape index (κ1) is 13.5. The molecular formula is C10H13ClN6O2. The van der Waals surface area contributed by atoms with Crippen LogP contribution in [0.25, 0.3) is 0 Å². The van der Waals surface area contributed by atoms with Crippen molar-refractivity contribution < 1.29 is 9.90 Å². The summed E-state index contributed by atoms with van der Waals surface area (Å²) in [5.41, 5.74) is 5.95. The molecule has 0 aliphatic rings. The SMILES string of the molecule is Cn1c(Cl)cnc1Cn1cc(CC(N)C(=O)O)nn1. The van der Waals surface area contributed by atoms with Gasteiger partial charge in [0.1, 0.15) is 23.6 Å². The molecule has 1 atom stereocenters. The molecule has 0 radical (unpaired) electrons. The molecule has 0 saturated heterocycles. The van der Waals surface area contributed by atoms with Gasteiger partial charge in [-0.15, -0.1) is 5.10 Å². The lowest BCUT2D eigenvalue weighted by Crippen LogP contribution is -2.32. The van der Waals surface area contributed by atoms with E-state index >= 15 is 0 Å². The van der Waals surface area contributed by atoms with E-state index in [4.69, 9.17) is 22.4 Å². The summed E-state index contributed by atoms with van der Waals surface area (Å²) < 4.78 is 3.29. The molecule has 0 saturated carbocycles. The number of carbonyl (C=O) groups is 1. The van der Waals surface area contributed by atoms with E-state index in [1.165, 1.54) is 0 Å². The Morgan fingerprint density at radius 1 is 1.63 bits per heavy atom. The number of carboxylic acid groups (broad SMARTS) is 1. The highest BCUT2D eigenvalue weighted by atomic mass is 35.5. The number of aromatic nitrogens is 5. The van der Waals surface area contributed by atoms with Crippen molar-refractivity contribution >= 4 is 17.6 Å². The van der Waals surface area contributed by atoms with Crippen molar-refractivity contribution in [3.05, 3.63) is 29.1 Å². The summed E-state index contributed by atoms with van der Waals surface area (Å²) in [4.78, 5) is 14.8. The van der Waals surface area contributed by atoms with Gasteiger partial charge in [0, 0.05) is 19.7 Å². The van der Waals surface area contributed by atoms with Crippen LogP contribution in [0.4, 0.5) is 0 Å². The van der Waals surface area contributed by atoms with Crippen molar-refractivity contribution in [2.24, 2.45) is 12.8 Å². The summed E-state index contributed by atoms with van der Waals surface area (Å²) in [6.45, 7) is 0.401. The molecule has 2 aromatic heterocycles. The van der Waals surface area contributed by atoms with E-state index in [-0.39, 0.29) is 6.42 Å². The normalized spacial score (nSPS) is 12.6. The van der Waals surface area contributed by atoms with Crippen LogP contribution in [0.1, 0.15) is 11.5 Å². The molecule has 0 aliphatic carbocycles. The highest BCUT2D eigenvalue weighted by Crippen LogP contribution is 2.10. The van der Waals surface area contributed by atoms with E-state index in [1.54, 1.807) is 28.7 Å². The minimum Gasteiger partial charge on any atom is -0.480 e. The summed E-state index contributed by atoms with van der Waals surface area (Å²) in [5.74, 6) is -0.339. The zero-order chi connectivity index (χ0) is 14.0. The molecule has 102 valence electrons. The average Bonchev–Trinajstić information content (AvgIpc) is 2.91. The second-order valence-electron chi connectivity index (χ2n) is 4.11. The van der Waals surface area contributed by atoms with E-state index < -0.39 is 12.0 Å². The summed E-state index contributed by atoms with van der Waals surface area (Å²) in [5, 5.41) is 17.0. The van der Waals surface area contributed by atoms with Crippen LogP contribution in [0.15, 0.2) is 12.4 Å². The number of halogens is 1. The number of hydrogen-bond acceptors (Lipinski definition) is 5. The van der Waals surface area contributed by atoms with Crippen LogP contribution in [0.3, 0.4) is 0 Å². The van der Waals surface area contributed by atoms with Gasteiger partial charge in [-0.05, 0) is 0 Å². The molecule has 0 fully saturated rings. The molecular weight excluding hydrogens is 272 g/mol. The first-order chi connectivity index (χ1) is 8.97. The van der Waals surface area contributed by atoms with Crippen molar-refractivity contribution in [2.45, 2.75) is 19.0 Å². The lowest BCUT2D eigenvalue weighted by atomic mass is 10.2. The second kappa shape index (κ2) is 5.37. The highest BCUT2D eigenvalue weighted by Gasteiger charge is 2.15. The van der Waals surface area contributed by atoms with E-state index in [0.717, 1.165) is 5.82 Å². The lowest BCUT2D eigenvalue weighted by Gasteiger charge is -2.02. The van der Waals surface area contributed by atoms with Gasteiger partial charge in [-0.1, -0.05) is 16.8 Å². The minimum atomic E-state index is -1.06. The summed E-state index contributed by atoms with van der Waals surface area (Å²) in [7, 11) is 1.79. The van der Waals surface area contributed by atoms with Crippen molar-refractivity contribution in [1.29, 1.82) is 0 Å². The van der Waals surface area contributed by atoms with Crippen LogP contribution in [-0.2, 0) is 24.8 Å². The standard InChI is InChI=1S/C10H13ClN6O2/c1-16-8(11)3-13-9(16)5-17-4-6(14-15-17)2-7(12)10(18)19/h3-4,7H,2,5,12H2,1H3,(H,18,19). The quantitative estimate of drug-likeness (QED) is 0.777. The predicted octanol–water partition coefficient (Wildman–Crippen LogP) is -0.332. The maximum Gasteiger partial charge on any atom is 0.320 e. The summed E-state index contributed by atoms with van der Waals surface area (Å²) >= 11 is 5.88. The van der Waals surface area contributed by atoms with Gasteiger partial charge in [0.25, 0.3) is 0 Å². The van der Waals surface area contributed by atoms with Crippen LogP contribution in [0.2, 0.25) is 5.15 Å². The molecule has 0 amide bonds. The third-order valence-electron chi connectivity index (χ3n) is 2.66. The van der Waals surface area contributed by atoms with Crippen LogP contribution in [0.5, 0.6) is 0 Å². The van der Waals surface area contributed by atoms with Crippen molar-refractivity contribution in [1.82, 2.24) is 24.5 Å². The van der Waals surface area contributed by atoms with Gasteiger partial charge in [-0.2, -0.15) is 0 Å². The fraction of sp³-hybridized carbons (Fsp3) is 0.400. The van der Waals surface area contributed by atoms with Crippen LogP contribution in [-0.4, -0.2) is 41.7 Å². The number of imidazole rings is 1. The number of rotatable bonds is 5. The van der Waals surface area contributed by atoms with Crippen molar-refractivity contribution in [2.75, 3.05) is 0 Å². The van der Waals surface area contributed by atoms with Crippen molar-refractivity contribution in [3.8, 4) is 0 Å². The molecule has 0 aromatic carbocycles. The summed E-state index contributed by atoms with van der Waals surface area (Å²) in [6.07, 6.45) is 3.33. The first-order valence-corrected chi connectivity index (χ1v) is 5.88. The molecule has 19 heavy (non-hydrogen) atoms. The molecule has 0 aliphatic heterocycles. The van der Waals surface area contributed by atoms with Gasteiger partial charge in [-0.3, -0.25) is 4.79 Å². The average molecular weight is 285 g/mol. The van der Waals surface area contributed by atoms with Gasteiger partial charge in [-0.25, -0.2) is 9.67 Å². The Bertz CT molecular complexity index is 593. The van der Waals surface area contributed by atoms with Gasteiger partial charge in [0.2, 0.25) is 0 Å². The Labute approximate surface area is 113 Å². The van der Waals surface area contributed by atoms with Crippen LogP contribution < -0.4 is 5.73 Å². The first-order valence-electron chi connectivity index (χ1n) is 5.51. The van der Waals surface area contributed by atoms with Gasteiger partial charge < -0.3 is 15.4 Å². The van der Waals surface area contributed by atoms with Gasteiger partial charge >= 0.3 is 5.97 Å². The zero-order valence-corrected chi connectivity index (χ0v) is 10.9. The largest absolute Gasteiger partial charge is 0.480 e. The van der Waals surface area contributed by atoms with Crippen molar-refractivity contribution in [3.63, 3.8) is 0 Å². The summed E-state index contributed by atoms with van der Waals surface area (Å²) in [6, 6.07) is -0.979. The molecule has 9 heteroatoms. The Morgan fingerprint density at radius 2 is 2.37 bits per heavy atom. The smallest absolute Gasteiger partial charge is 0.320 e. The highest BCUT2D eigenvalue weighted by molar-refractivity contribution is 6.29. The Balaban J connectivity index is 2.05. The third kappa shape index (κ3) is 3.09. The number of hydrogen-bond donors (Lipinski definition) is 2. The monoisotopic (exact) mass is 284 g/mol. The van der Waals surface area contributed by atoms with E-state index in [2.05, 4.69) is 15.3 Å². The molecule has 2 aromatic rings. The van der Waals surface area contributed by atoms with E-state index in [0.29, 0.717) is 17.4 Å². The number of carboxylic acids is 1. The fourth-order valence-electron chi connectivity index (χ4n) is 1.54. The lowest BCUT2D eigenvalue weighted by molar-refractivity contribution is -0.138. The third-order valence-corrected chi connectivity index (χ3v) is 3.01. The number of nitrogens with two attached hydrogens (primary N) is 1. The molecule has 3 N–H and O–H groups in total. The molecule has 2 rings (SSSR count).